The summed E-state index contributed by atoms with van der Waals surface area (Å²) in [5, 5.41) is 3.35. The van der Waals surface area contributed by atoms with Crippen LogP contribution in [0.4, 0.5) is 5.82 Å². The quantitative estimate of drug-likeness (QED) is 0.783. The van der Waals surface area contributed by atoms with Gasteiger partial charge in [0.1, 0.15) is 10.8 Å². The van der Waals surface area contributed by atoms with Crippen LogP contribution in [0.3, 0.4) is 0 Å². The average molecular weight is 250 g/mol. The number of nitrogens with zero attached hydrogens (tertiary/aromatic N) is 2. The first-order valence-electron chi connectivity index (χ1n) is 5.84. The van der Waals surface area contributed by atoms with Gasteiger partial charge in [0.25, 0.3) is 0 Å². The van der Waals surface area contributed by atoms with Crippen LogP contribution in [0.1, 0.15) is 12.1 Å². The molecule has 3 N–H and O–H groups in total. The maximum atomic E-state index is 5.55. The normalized spacial score (nSPS) is 20.4. The Labute approximate surface area is 107 Å². The Morgan fingerprint density at radius 2 is 2.47 bits per heavy atom. The Morgan fingerprint density at radius 3 is 3.12 bits per heavy atom. The molecule has 1 atom stereocenters. The number of likely N-dealkylation sites (tertiary alicyclic amines) is 1. The van der Waals surface area contributed by atoms with Crippen molar-refractivity contribution in [2.24, 2.45) is 11.7 Å². The summed E-state index contributed by atoms with van der Waals surface area (Å²) in [4.78, 5) is 7.06. The van der Waals surface area contributed by atoms with E-state index in [-0.39, 0.29) is 0 Å². The van der Waals surface area contributed by atoms with E-state index in [0.29, 0.717) is 16.6 Å². The number of anilines is 1. The lowest BCUT2D eigenvalue weighted by molar-refractivity contribution is 0.399. The summed E-state index contributed by atoms with van der Waals surface area (Å²) in [5.74, 6) is 1.56. The first kappa shape index (κ1) is 12.3. The molecule has 1 saturated heterocycles. The lowest BCUT2D eigenvalue weighted by Crippen LogP contribution is -2.20. The molecule has 0 aromatic carbocycles. The van der Waals surface area contributed by atoms with E-state index < -0.39 is 0 Å². The molecule has 5 heteroatoms. The number of hydrogen-bond acceptors (Lipinski definition) is 4. The lowest BCUT2D eigenvalue weighted by Gasteiger charge is -2.12. The summed E-state index contributed by atoms with van der Waals surface area (Å²) in [6, 6.07) is 5.70. The van der Waals surface area contributed by atoms with Crippen molar-refractivity contribution in [1.29, 1.82) is 0 Å². The van der Waals surface area contributed by atoms with Gasteiger partial charge in [-0.25, -0.2) is 4.98 Å². The van der Waals surface area contributed by atoms with Crippen molar-refractivity contribution in [2.45, 2.75) is 6.42 Å². The molecule has 17 heavy (non-hydrogen) atoms. The number of nitrogens with one attached hydrogen (secondary N) is 1. The zero-order chi connectivity index (χ0) is 12.3. The number of thiocarbonyl (C=S) groups is 1. The van der Waals surface area contributed by atoms with Crippen molar-refractivity contribution in [2.75, 3.05) is 32.0 Å². The second-order valence-electron chi connectivity index (χ2n) is 4.57. The Bertz CT molecular complexity index is 407. The van der Waals surface area contributed by atoms with Gasteiger partial charge in [0.15, 0.2) is 0 Å². The number of hydrogen-bond donors (Lipinski definition) is 2. The number of rotatable bonds is 4. The van der Waals surface area contributed by atoms with E-state index in [1.165, 1.54) is 13.0 Å². The molecule has 1 unspecified atom stereocenters. The van der Waals surface area contributed by atoms with Crippen molar-refractivity contribution < 1.29 is 0 Å². The van der Waals surface area contributed by atoms with Crippen LogP contribution in [0.5, 0.6) is 0 Å². The Kier molecular flexibility index (Phi) is 3.91. The van der Waals surface area contributed by atoms with E-state index in [4.69, 9.17) is 18.0 Å². The molecule has 2 rings (SSSR count). The molecule has 0 spiro atoms. The maximum absolute atomic E-state index is 5.55. The van der Waals surface area contributed by atoms with Crippen LogP contribution >= 0.6 is 12.2 Å². The summed E-state index contributed by atoms with van der Waals surface area (Å²) >= 11 is 4.91. The molecule has 0 amide bonds. The molecule has 0 bridgehead atoms. The molecule has 0 radical (unpaired) electrons. The highest BCUT2D eigenvalue weighted by Crippen LogP contribution is 2.15. The Balaban J connectivity index is 1.90. The third kappa shape index (κ3) is 3.38. The molecule has 1 aliphatic heterocycles. The Morgan fingerprint density at radius 1 is 1.65 bits per heavy atom. The second kappa shape index (κ2) is 5.42. The minimum atomic E-state index is 0.342. The van der Waals surface area contributed by atoms with Crippen molar-refractivity contribution in [3.05, 3.63) is 23.9 Å². The average Bonchev–Trinajstić information content (AvgIpc) is 2.73. The smallest absolute Gasteiger partial charge is 0.126 e. The van der Waals surface area contributed by atoms with Gasteiger partial charge >= 0.3 is 0 Å². The summed E-state index contributed by atoms with van der Waals surface area (Å²) in [6.45, 7) is 3.30. The largest absolute Gasteiger partial charge is 0.388 e. The summed E-state index contributed by atoms with van der Waals surface area (Å²) in [6.07, 6.45) is 1.25. The zero-order valence-electron chi connectivity index (χ0n) is 10.0. The van der Waals surface area contributed by atoms with Gasteiger partial charge in [-0.1, -0.05) is 18.3 Å². The highest BCUT2D eigenvalue weighted by Gasteiger charge is 2.18. The minimum Gasteiger partial charge on any atom is -0.388 e. The standard InChI is InChI=1S/C12H18N4S/c1-16-6-5-9(8-16)7-14-11-4-2-3-10(15-11)12(13)17/h2-4,9H,5-8H2,1H3,(H2,13,17)(H,14,15). The second-order valence-corrected chi connectivity index (χ2v) is 5.01. The van der Waals surface area contributed by atoms with E-state index in [9.17, 15) is 0 Å². The van der Waals surface area contributed by atoms with E-state index in [2.05, 4.69) is 22.2 Å². The van der Waals surface area contributed by atoms with Crippen LogP contribution in [0, 0.1) is 5.92 Å². The monoisotopic (exact) mass is 250 g/mol. The predicted octanol–water partition coefficient (Wildman–Crippen LogP) is 1.08. The molecular formula is C12H18N4S. The summed E-state index contributed by atoms with van der Waals surface area (Å²) in [7, 11) is 2.16. The van der Waals surface area contributed by atoms with Gasteiger partial charge in [-0.2, -0.15) is 0 Å². The highest BCUT2D eigenvalue weighted by molar-refractivity contribution is 7.80. The first-order valence-corrected chi connectivity index (χ1v) is 6.25. The van der Waals surface area contributed by atoms with Crippen LogP contribution in [0.25, 0.3) is 0 Å². The van der Waals surface area contributed by atoms with Gasteiger partial charge in [0, 0.05) is 13.1 Å². The summed E-state index contributed by atoms with van der Waals surface area (Å²) < 4.78 is 0. The fourth-order valence-corrected chi connectivity index (χ4v) is 2.23. The molecule has 1 aliphatic rings. The van der Waals surface area contributed by atoms with Crippen molar-refractivity contribution >= 4 is 23.0 Å². The maximum Gasteiger partial charge on any atom is 0.126 e. The number of pyridine rings is 1. The Hall–Kier alpha value is -1.20. The molecule has 1 aromatic rings. The molecule has 0 saturated carbocycles. The topological polar surface area (TPSA) is 54.2 Å². The van der Waals surface area contributed by atoms with E-state index in [1.54, 1.807) is 0 Å². The predicted molar refractivity (Wildman–Crippen MR) is 74.2 cm³/mol. The van der Waals surface area contributed by atoms with Gasteiger partial charge in [0.05, 0.1) is 5.69 Å². The van der Waals surface area contributed by atoms with Crippen LogP contribution in [-0.2, 0) is 0 Å². The third-order valence-electron chi connectivity index (χ3n) is 3.06. The van der Waals surface area contributed by atoms with Gasteiger partial charge in [-0.15, -0.1) is 0 Å². The highest BCUT2D eigenvalue weighted by atomic mass is 32.1. The SMILES string of the molecule is CN1CCC(CNc2cccc(C(N)=S)n2)C1. The van der Waals surface area contributed by atoms with E-state index >= 15 is 0 Å². The third-order valence-corrected chi connectivity index (χ3v) is 3.27. The molecule has 1 fully saturated rings. The lowest BCUT2D eigenvalue weighted by atomic mass is 10.1. The van der Waals surface area contributed by atoms with Gasteiger partial charge in [-0.05, 0) is 38.1 Å². The summed E-state index contributed by atoms with van der Waals surface area (Å²) in [5.41, 5.74) is 6.23. The van der Waals surface area contributed by atoms with Crippen molar-refractivity contribution in [1.82, 2.24) is 9.88 Å². The van der Waals surface area contributed by atoms with Gasteiger partial charge in [-0.3, -0.25) is 0 Å². The molecule has 4 nitrogen and oxygen atoms in total. The zero-order valence-corrected chi connectivity index (χ0v) is 10.8. The van der Waals surface area contributed by atoms with Crippen LogP contribution in [-0.4, -0.2) is 41.6 Å². The van der Waals surface area contributed by atoms with Crippen LogP contribution < -0.4 is 11.1 Å². The first-order chi connectivity index (χ1) is 8.15. The molecular weight excluding hydrogens is 232 g/mol. The van der Waals surface area contributed by atoms with E-state index in [1.807, 2.05) is 18.2 Å². The number of nitrogens with two attached hydrogens (primary N) is 1. The van der Waals surface area contributed by atoms with E-state index in [0.717, 1.165) is 18.9 Å². The molecule has 2 heterocycles. The minimum absolute atomic E-state index is 0.342. The van der Waals surface area contributed by atoms with Gasteiger partial charge < -0.3 is 16.0 Å². The molecule has 0 aliphatic carbocycles. The molecule has 1 aromatic heterocycles. The number of aromatic nitrogens is 1. The van der Waals surface area contributed by atoms with Crippen LogP contribution in [0.2, 0.25) is 0 Å². The van der Waals surface area contributed by atoms with Crippen molar-refractivity contribution in [3.8, 4) is 0 Å². The van der Waals surface area contributed by atoms with Crippen LogP contribution in [0.15, 0.2) is 18.2 Å². The fraction of sp³-hybridized carbons (Fsp3) is 0.500. The van der Waals surface area contributed by atoms with Gasteiger partial charge in [0.2, 0.25) is 0 Å². The molecule has 92 valence electrons. The fourth-order valence-electron chi connectivity index (χ4n) is 2.11. The van der Waals surface area contributed by atoms with Crippen molar-refractivity contribution in [3.63, 3.8) is 0 Å².